The summed E-state index contributed by atoms with van der Waals surface area (Å²) in [6, 6.07) is 0. The number of nitrogens with zero attached hydrogens (tertiary/aromatic N) is 3. The van der Waals surface area contributed by atoms with Crippen LogP contribution in [0.5, 0.6) is 0 Å². The third-order valence-corrected chi connectivity index (χ3v) is 2.47. The molecule has 1 aliphatic rings. The summed E-state index contributed by atoms with van der Waals surface area (Å²) >= 11 is 3.27. The Labute approximate surface area is 90.0 Å². The van der Waals surface area contributed by atoms with Crippen LogP contribution in [-0.4, -0.2) is 40.3 Å². The van der Waals surface area contributed by atoms with Gasteiger partial charge < -0.3 is 15.8 Å². The highest BCUT2D eigenvalue weighted by atomic mass is 79.9. The van der Waals surface area contributed by atoms with Crippen LogP contribution in [0, 0.1) is 10.1 Å². The molecule has 6 nitrogen and oxygen atoms in total. The molecule has 0 aromatic carbocycles. The maximum atomic E-state index is 10.7. The third kappa shape index (κ3) is 1.99. The van der Waals surface area contributed by atoms with Gasteiger partial charge in [-0.2, -0.15) is 4.48 Å². The van der Waals surface area contributed by atoms with Crippen molar-refractivity contribution in [1.82, 2.24) is 0 Å². The Morgan fingerprint density at radius 1 is 1.64 bits per heavy atom. The van der Waals surface area contributed by atoms with Crippen molar-refractivity contribution in [3.63, 3.8) is 0 Å². The van der Waals surface area contributed by atoms with Crippen molar-refractivity contribution in [1.29, 1.82) is 0 Å². The van der Waals surface area contributed by atoms with Gasteiger partial charge in [0.05, 0.1) is 5.33 Å². The quantitative estimate of drug-likeness (QED) is 0.342. The first-order valence-corrected chi connectivity index (χ1v) is 5.32. The highest BCUT2D eigenvalue weighted by Gasteiger charge is 2.44. The average molecular weight is 264 g/mol. The maximum Gasteiger partial charge on any atom is 0.543 e. The van der Waals surface area contributed by atoms with Gasteiger partial charge >= 0.3 is 5.96 Å². The Balaban J connectivity index is 2.91. The number of guanidine groups is 1. The van der Waals surface area contributed by atoms with E-state index in [-0.39, 0.29) is 10.4 Å². The molecule has 0 saturated carbocycles. The fourth-order valence-electron chi connectivity index (χ4n) is 1.46. The Kier molecular flexibility index (Phi) is 3.73. The number of hydrogen-bond acceptors (Lipinski definition) is 4. The minimum absolute atomic E-state index is 0.0464. The summed E-state index contributed by atoms with van der Waals surface area (Å²) < 4.78 is 0.134. The Morgan fingerprint density at radius 3 is 2.86 bits per heavy atom. The van der Waals surface area contributed by atoms with Crippen molar-refractivity contribution in [3.8, 4) is 0 Å². The maximum absolute atomic E-state index is 10.7. The molecule has 0 radical (unpaired) electrons. The molecule has 7 heteroatoms. The van der Waals surface area contributed by atoms with Gasteiger partial charge in [-0.1, -0.05) is 15.9 Å². The Bertz CT molecular complexity index is 283. The van der Waals surface area contributed by atoms with E-state index in [0.29, 0.717) is 25.0 Å². The lowest BCUT2D eigenvalue weighted by atomic mass is 10.4. The highest BCUT2D eigenvalue weighted by molar-refractivity contribution is 9.09. The summed E-state index contributed by atoms with van der Waals surface area (Å²) in [6.07, 6.45) is 3.18. The SMILES string of the molecule is NCC[N+]1(CCBr)C=CN=C1[N+](=O)[O-]. The predicted molar refractivity (Wildman–Crippen MR) is 56.4 cm³/mol. The van der Waals surface area contributed by atoms with E-state index >= 15 is 0 Å². The molecule has 1 heterocycles. The van der Waals surface area contributed by atoms with E-state index in [1.54, 1.807) is 6.20 Å². The summed E-state index contributed by atoms with van der Waals surface area (Å²) in [5.41, 5.74) is 5.44. The van der Waals surface area contributed by atoms with Gasteiger partial charge in [-0.15, -0.1) is 0 Å². The lowest BCUT2D eigenvalue weighted by Crippen LogP contribution is -2.53. The number of halogens is 1. The first-order valence-electron chi connectivity index (χ1n) is 4.19. The predicted octanol–water partition coefficient (Wildman–Crippen LogP) is 0.274. The Hall–Kier alpha value is -0.790. The molecule has 1 rings (SSSR count). The molecule has 0 aromatic rings. The molecule has 1 unspecified atom stereocenters. The lowest BCUT2D eigenvalue weighted by Gasteiger charge is -2.25. The van der Waals surface area contributed by atoms with Crippen molar-refractivity contribution in [2.75, 3.05) is 25.0 Å². The molecule has 0 aromatic heterocycles. The number of hydrogen-bond donors (Lipinski definition) is 1. The fraction of sp³-hybridized carbons (Fsp3) is 0.571. The van der Waals surface area contributed by atoms with Gasteiger partial charge in [0.15, 0.2) is 12.4 Å². The highest BCUT2D eigenvalue weighted by Crippen LogP contribution is 2.17. The number of rotatable bonds is 4. The van der Waals surface area contributed by atoms with Crippen molar-refractivity contribution in [2.24, 2.45) is 10.7 Å². The van der Waals surface area contributed by atoms with Crippen LogP contribution in [0.4, 0.5) is 0 Å². The van der Waals surface area contributed by atoms with Gasteiger partial charge in [0, 0.05) is 16.5 Å². The molecule has 2 N–H and O–H groups in total. The molecule has 14 heavy (non-hydrogen) atoms. The average Bonchev–Trinajstić information content (AvgIpc) is 2.50. The van der Waals surface area contributed by atoms with Crippen molar-refractivity contribution in [2.45, 2.75) is 0 Å². The van der Waals surface area contributed by atoms with Crippen LogP contribution in [0.15, 0.2) is 17.4 Å². The summed E-state index contributed by atoms with van der Waals surface area (Å²) in [7, 11) is 0. The van der Waals surface area contributed by atoms with Gasteiger partial charge in [-0.25, -0.2) is 0 Å². The molecule has 1 aliphatic heterocycles. The monoisotopic (exact) mass is 263 g/mol. The zero-order valence-corrected chi connectivity index (χ0v) is 9.18. The number of alkyl halides is 1. The van der Waals surface area contributed by atoms with E-state index < -0.39 is 4.92 Å². The second kappa shape index (κ2) is 4.63. The van der Waals surface area contributed by atoms with Gasteiger partial charge in [-0.3, -0.25) is 0 Å². The van der Waals surface area contributed by atoms with Crippen LogP contribution in [0.1, 0.15) is 0 Å². The minimum atomic E-state index is -0.446. The summed E-state index contributed by atoms with van der Waals surface area (Å²) in [5, 5.41) is 11.4. The molecule has 0 spiro atoms. The van der Waals surface area contributed by atoms with Crippen molar-refractivity contribution < 1.29 is 9.41 Å². The number of aliphatic imine (C=N–C) groups is 1. The van der Waals surface area contributed by atoms with Crippen molar-refractivity contribution in [3.05, 3.63) is 22.5 Å². The molecule has 0 aliphatic carbocycles. The van der Waals surface area contributed by atoms with Crippen LogP contribution in [0.25, 0.3) is 0 Å². The van der Waals surface area contributed by atoms with E-state index in [2.05, 4.69) is 20.9 Å². The van der Waals surface area contributed by atoms with E-state index in [0.717, 1.165) is 0 Å². The molecule has 0 amide bonds. The summed E-state index contributed by atoms with van der Waals surface area (Å²) in [5.74, 6) is -0.0464. The van der Waals surface area contributed by atoms with Crippen LogP contribution in [-0.2, 0) is 0 Å². The molecule has 0 saturated heterocycles. The summed E-state index contributed by atoms with van der Waals surface area (Å²) in [6.45, 7) is 1.49. The molecule has 78 valence electrons. The number of nitro groups is 1. The fourth-order valence-corrected chi connectivity index (χ4v) is 2.09. The molecular weight excluding hydrogens is 252 g/mol. The van der Waals surface area contributed by atoms with E-state index in [4.69, 9.17) is 5.73 Å². The number of nitrogens with two attached hydrogens (primary N) is 1. The van der Waals surface area contributed by atoms with E-state index in [1.807, 2.05) is 0 Å². The number of quaternary nitrogens is 1. The first-order chi connectivity index (χ1) is 6.66. The largest absolute Gasteiger partial charge is 0.543 e. The Morgan fingerprint density at radius 2 is 2.36 bits per heavy atom. The van der Waals surface area contributed by atoms with Gasteiger partial charge in [0.25, 0.3) is 0 Å². The second-order valence-electron chi connectivity index (χ2n) is 2.94. The molecular formula is C7H12BrN4O2+. The lowest BCUT2D eigenvalue weighted by molar-refractivity contribution is -0.817. The van der Waals surface area contributed by atoms with Crippen molar-refractivity contribution >= 4 is 21.9 Å². The second-order valence-corrected chi connectivity index (χ2v) is 3.74. The van der Waals surface area contributed by atoms with Gasteiger partial charge in [0.1, 0.15) is 13.1 Å². The normalized spacial score (nSPS) is 25.1. The molecule has 1 atom stereocenters. The molecule has 0 fully saturated rings. The van der Waals surface area contributed by atoms with E-state index in [1.165, 1.54) is 6.20 Å². The summed E-state index contributed by atoms with van der Waals surface area (Å²) in [4.78, 5) is 14.0. The smallest absolute Gasteiger partial charge is 0.354 e. The zero-order valence-electron chi connectivity index (χ0n) is 7.60. The first kappa shape index (κ1) is 11.3. The van der Waals surface area contributed by atoms with Crippen LogP contribution in [0.3, 0.4) is 0 Å². The zero-order chi connectivity index (χ0) is 10.6. The molecule has 0 bridgehead atoms. The van der Waals surface area contributed by atoms with E-state index in [9.17, 15) is 10.1 Å². The van der Waals surface area contributed by atoms with Crippen LogP contribution >= 0.6 is 15.9 Å². The van der Waals surface area contributed by atoms with Gasteiger partial charge in [-0.05, 0) is 0 Å². The van der Waals surface area contributed by atoms with Crippen LogP contribution in [0.2, 0.25) is 0 Å². The minimum Gasteiger partial charge on any atom is -0.354 e. The topological polar surface area (TPSA) is 81.5 Å². The van der Waals surface area contributed by atoms with Gasteiger partial charge in [0.2, 0.25) is 0 Å². The standard InChI is InChI=1S/C7H12BrN4O2/c8-1-4-12(5-2-9)6-3-10-7(12)11(13)14/h3,6H,1-2,4-5,9H2/q+1. The third-order valence-electron chi connectivity index (χ3n) is 2.12. The van der Waals surface area contributed by atoms with Crippen LogP contribution < -0.4 is 5.73 Å².